The number of hydrogen-bond donors (Lipinski definition) is 2. The van der Waals surface area contributed by atoms with Gasteiger partial charge in [-0.15, -0.1) is 0 Å². The van der Waals surface area contributed by atoms with Crippen LogP contribution in [0.5, 0.6) is 11.5 Å². The number of nitrogens with one attached hydrogen (secondary N) is 2. The first kappa shape index (κ1) is 20.9. The van der Waals surface area contributed by atoms with Crippen molar-refractivity contribution < 1.29 is 14.3 Å². The van der Waals surface area contributed by atoms with E-state index in [-0.39, 0.29) is 17.6 Å². The number of hydrogen-bond acceptors (Lipinski definition) is 4. The Morgan fingerprint density at radius 1 is 1.21 bits per heavy atom. The zero-order valence-electron chi connectivity index (χ0n) is 17.4. The molecule has 0 unspecified atom stereocenters. The number of thiocarbonyl (C=S) groups is 1. The Morgan fingerprint density at radius 3 is 2.52 bits per heavy atom. The number of carbonyl (C=O) groups excluding carboxylic acids is 1. The minimum Gasteiger partial charge on any atom is -0.497 e. The smallest absolute Gasteiger partial charge is 0.253 e. The standard InChI is InChI=1S/C22H27N3O3S/c1-22(2)13-18(17-12-16(27-5)10-11-19(17)28-22)24-21(29)23-15-8-6-14(7-9-15)20(26)25(3)4/h6-12,18H,13H2,1-5H3,(H2,23,24,29)/t18-/m0/s1. The van der Waals surface area contributed by atoms with Gasteiger partial charge in [0.25, 0.3) is 5.91 Å². The Hall–Kier alpha value is -2.80. The summed E-state index contributed by atoms with van der Waals surface area (Å²) in [5.41, 5.74) is 2.14. The molecule has 0 aromatic heterocycles. The quantitative estimate of drug-likeness (QED) is 0.739. The van der Waals surface area contributed by atoms with E-state index in [1.54, 1.807) is 38.2 Å². The molecule has 2 aromatic carbocycles. The summed E-state index contributed by atoms with van der Waals surface area (Å²) in [6.45, 7) is 4.12. The van der Waals surface area contributed by atoms with E-state index in [1.807, 2.05) is 30.3 Å². The van der Waals surface area contributed by atoms with E-state index in [9.17, 15) is 4.79 Å². The molecule has 0 saturated carbocycles. The molecule has 3 rings (SSSR count). The molecule has 7 heteroatoms. The van der Waals surface area contributed by atoms with Gasteiger partial charge in [0.2, 0.25) is 0 Å². The first-order chi connectivity index (χ1) is 13.7. The van der Waals surface area contributed by atoms with Crippen LogP contribution in [0, 0.1) is 0 Å². The second-order valence-corrected chi connectivity index (χ2v) is 8.31. The molecule has 0 saturated heterocycles. The van der Waals surface area contributed by atoms with Gasteiger partial charge in [0.15, 0.2) is 5.11 Å². The molecule has 1 amide bonds. The van der Waals surface area contributed by atoms with E-state index in [4.69, 9.17) is 21.7 Å². The van der Waals surface area contributed by atoms with Crippen LogP contribution in [-0.4, -0.2) is 42.7 Å². The number of amides is 1. The third-order valence-electron chi connectivity index (χ3n) is 4.78. The predicted octanol–water partition coefficient (Wildman–Crippen LogP) is 3.99. The largest absolute Gasteiger partial charge is 0.497 e. The molecule has 1 heterocycles. The van der Waals surface area contributed by atoms with Crippen molar-refractivity contribution in [2.24, 2.45) is 0 Å². The maximum Gasteiger partial charge on any atom is 0.253 e. The van der Waals surface area contributed by atoms with E-state index in [0.29, 0.717) is 10.7 Å². The van der Waals surface area contributed by atoms with E-state index in [2.05, 4.69) is 24.5 Å². The monoisotopic (exact) mass is 413 g/mol. The van der Waals surface area contributed by atoms with Gasteiger partial charge >= 0.3 is 0 Å². The number of nitrogens with zero attached hydrogens (tertiary/aromatic N) is 1. The van der Waals surface area contributed by atoms with Crippen LogP contribution >= 0.6 is 12.2 Å². The molecule has 1 aliphatic rings. The highest BCUT2D eigenvalue weighted by Gasteiger charge is 2.34. The zero-order valence-corrected chi connectivity index (χ0v) is 18.2. The van der Waals surface area contributed by atoms with Gasteiger partial charge in [-0.2, -0.15) is 0 Å². The summed E-state index contributed by atoms with van der Waals surface area (Å²) in [6, 6.07) is 13.0. The normalized spacial score (nSPS) is 16.8. The zero-order chi connectivity index (χ0) is 21.2. The van der Waals surface area contributed by atoms with Crippen LogP contribution in [0.2, 0.25) is 0 Å². The SMILES string of the molecule is COc1ccc2c(c1)[C@@H](NC(=S)Nc1ccc(C(=O)N(C)C)cc1)CC(C)(C)O2. The third kappa shape index (κ3) is 4.98. The van der Waals surface area contributed by atoms with Crippen molar-refractivity contribution >= 4 is 28.9 Å². The maximum absolute atomic E-state index is 12.0. The Labute approximate surface area is 177 Å². The highest BCUT2D eigenvalue weighted by molar-refractivity contribution is 7.80. The summed E-state index contributed by atoms with van der Waals surface area (Å²) in [5, 5.41) is 7.10. The average molecular weight is 414 g/mol. The second-order valence-electron chi connectivity index (χ2n) is 7.90. The first-order valence-electron chi connectivity index (χ1n) is 9.45. The molecule has 0 bridgehead atoms. The number of carbonyl (C=O) groups is 1. The fourth-order valence-corrected chi connectivity index (χ4v) is 3.63. The van der Waals surface area contributed by atoms with Crippen molar-refractivity contribution in [2.75, 3.05) is 26.5 Å². The van der Waals surface area contributed by atoms with E-state index < -0.39 is 0 Å². The maximum atomic E-state index is 12.0. The Balaban J connectivity index is 1.73. The van der Waals surface area contributed by atoms with Gasteiger partial charge < -0.3 is 25.0 Å². The van der Waals surface area contributed by atoms with Gasteiger partial charge in [0.1, 0.15) is 17.1 Å². The molecule has 0 fully saturated rings. The molecular formula is C22H27N3O3S. The molecule has 0 radical (unpaired) electrons. The predicted molar refractivity (Wildman–Crippen MR) is 119 cm³/mol. The molecule has 154 valence electrons. The fourth-order valence-electron chi connectivity index (χ4n) is 3.37. The van der Waals surface area contributed by atoms with Crippen molar-refractivity contribution in [3.05, 3.63) is 53.6 Å². The van der Waals surface area contributed by atoms with Gasteiger partial charge in [-0.25, -0.2) is 0 Å². The lowest BCUT2D eigenvalue weighted by molar-refractivity contribution is 0.0694. The van der Waals surface area contributed by atoms with Crippen LogP contribution in [0.25, 0.3) is 0 Å². The van der Waals surface area contributed by atoms with E-state index in [0.717, 1.165) is 29.2 Å². The summed E-state index contributed by atoms with van der Waals surface area (Å²) >= 11 is 5.54. The number of rotatable bonds is 4. The highest BCUT2D eigenvalue weighted by Crippen LogP contribution is 2.41. The minimum absolute atomic E-state index is 0.0153. The van der Waals surface area contributed by atoms with E-state index in [1.165, 1.54) is 0 Å². The molecule has 29 heavy (non-hydrogen) atoms. The van der Waals surface area contributed by atoms with Gasteiger partial charge in [-0.3, -0.25) is 4.79 Å². The van der Waals surface area contributed by atoms with Crippen LogP contribution in [0.1, 0.15) is 42.2 Å². The summed E-state index contributed by atoms with van der Waals surface area (Å²) < 4.78 is 11.5. The summed E-state index contributed by atoms with van der Waals surface area (Å²) in [5.74, 6) is 1.57. The Kier molecular flexibility index (Phi) is 5.98. The summed E-state index contributed by atoms with van der Waals surface area (Å²) in [6.07, 6.45) is 0.755. The summed E-state index contributed by atoms with van der Waals surface area (Å²) in [7, 11) is 5.11. The van der Waals surface area contributed by atoms with Crippen molar-refractivity contribution in [1.29, 1.82) is 0 Å². The van der Waals surface area contributed by atoms with Gasteiger partial charge in [0.05, 0.1) is 13.2 Å². The van der Waals surface area contributed by atoms with Crippen molar-refractivity contribution in [3.63, 3.8) is 0 Å². The average Bonchev–Trinajstić information content (AvgIpc) is 2.66. The number of fused-ring (bicyclic) bond motifs is 1. The van der Waals surface area contributed by atoms with Crippen molar-refractivity contribution in [2.45, 2.75) is 31.9 Å². The number of methoxy groups -OCH3 is 1. The Morgan fingerprint density at radius 2 is 1.90 bits per heavy atom. The minimum atomic E-state index is -0.316. The van der Waals surface area contributed by atoms with Gasteiger partial charge in [0, 0.05) is 37.3 Å². The lowest BCUT2D eigenvalue weighted by atomic mass is 9.89. The molecular weight excluding hydrogens is 386 g/mol. The molecule has 0 spiro atoms. The number of ether oxygens (including phenoxy) is 2. The van der Waals surface area contributed by atoms with Crippen LogP contribution in [0.4, 0.5) is 5.69 Å². The second kappa shape index (κ2) is 8.29. The highest BCUT2D eigenvalue weighted by atomic mass is 32.1. The number of anilines is 1. The molecule has 2 aromatic rings. The molecule has 1 atom stereocenters. The third-order valence-corrected chi connectivity index (χ3v) is 5.00. The van der Waals surface area contributed by atoms with Crippen LogP contribution < -0.4 is 20.1 Å². The van der Waals surface area contributed by atoms with Crippen LogP contribution in [0.3, 0.4) is 0 Å². The molecule has 6 nitrogen and oxygen atoms in total. The lowest BCUT2D eigenvalue weighted by Gasteiger charge is -2.38. The fraction of sp³-hybridized carbons (Fsp3) is 0.364. The Bertz CT molecular complexity index is 910. The lowest BCUT2D eigenvalue weighted by Crippen LogP contribution is -2.42. The molecule has 2 N–H and O–H groups in total. The van der Waals surface area contributed by atoms with E-state index >= 15 is 0 Å². The first-order valence-corrected chi connectivity index (χ1v) is 9.85. The van der Waals surface area contributed by atoms with Gasteiger partial charge in [-0.05, 0) is 68.5 Å². The van der Waals surface area contributed by atoms with Crippen LogP contribution in [-0.2, 0) is 0 Å². The van der Waals surface area contributed by atoms with Crippen molar-refractivity contribution in [3.8, 4) is 11.5 Å². The topological polar surface area (TPSA) is 62.8 Å². The van der Waals surface area contributed by atoms with Crippen LogP contribution in [0.15, 0.2) is 42.5 Å². The summed E-state index contributed by atoms with van der Waals surface area (Å²) in [4.78, 5) is 13.6. The van der Waals surface area contributed by atoms with Crippen molar-refractivity contribution in [1.82, 2.24) is 10.2 Å². The van der Waals surface area contributed by atoms with Gasteiger partial charge in [-0.1, -0.05) is 0 Å². The molecule has 0 aliphatic carbocycles. The molecule has 1 aliphatic heterocycles. The number of benzene rings is 2.